The van der Waals surface area contributed by atoms with Gasteiger partial charge in [-0.3, -0.25) is 4.90 Å². The van der Waals surface area contributed by atoms with Crippen molar-refractivity contribution in [2.45, 2.75) is 6.36 Å². The monoisotopic (exact) mass is 573 g/mol. The molecule has 6 nitrogen and oxygen atoms in total. The van der Waals surface area contributed by atoms with Crippen molar-refractivity contribution < 1.29 is 17.9 Å². The first-order valence-corrected chi connectivity index (χ1v) is 11.6. The molecule has 0 radical (unpaired) electrons. The standard InChI is InChI=1S/C23H14Cl4F3N5O/c24-14-3-5-16(6-4-14)35-12-31-21(20-18(26)9-15(25)10-19(20)27)33-22(35)34-32-11-13-1-7-17(8-2-13)36-23(28,29)30/h1-11H,12H2,(H,31,33,34). The Balaban J connectivity index is 1.60. The van der Waals surface area contributed by atoms with Gasteiger partial charge in [0.15, 0.2) is 5.84 Å². The molecule has 0 spiro atoms. The predicted octanol–water partition coefficient (Wildman–Crippen LogP) is 7.40. The Morgan fingerprint density at radius 2 is 1.56 bits per heavy atom. The van der Waals surface area contributed by atoms with Gasteiger partial charge in [-0.05, 0) is 66.2 Å². The molecule has 0 aromatic heterocycles. The molecular weight excluding hydrogens is 561 g/mol. The summed E-state index contributed by atoms with van der Waals surface area (Å²) in [4.78, 5) is 10.8. The van der Waals surface area contributed by atoms with Gasteiger partial charge >= 0.3 is 6.36 Å². The van der Waals surface area contributed by atoms with E-state index < -0.39 is 6.36 Å². The van der Waals surface area contributed by atoms with E-state index in [4.69, 9.17) is 46.4 Å². The molecule has 0 saturated carbocycles. The van der Waals surface area contributed by atoms with Gasteiger partial charge in [-0.1, -0.05) is 46.4 Å². The second kappa shape index (κ2) is 11.0. The molecule has 1 heterocycles. The lowest BCUT2D eigenvalue weighted by Gasteiger charge is -2.27. The summed E-state index contributed by atoms with van der Waals surface area (Å²) in [5.74, 6) is 0.215. The Kier molecular flexibility index (Phi) is 7.94. The van der Waals surface area contributed by atoms with Crippen LogP contribution in [0.25, 0.3) is 0 Å². The number of hydrogen-bond acceptors (Lipinski definition) is 6. The minimum absolute atomic E-state index is 0.150. The van der Waals surface area contributed by atoms with Crippen LogP contribution in [0.2, 0.25) is 20.1 Å². The van der Waals surface area contributed by atoms with E-state index in [-0.39, 0.29) is 34.3 Å². The van der Waals surface area contributed by atoms with Crippen LogP contribution in [0.3, 0.4) is 0 Å². The van der Waals surface area contributed by atoms with E-state index in [1.165, 1.54) is 42.6 Å². The zero-order valence-corrected chi connectivity index (χ0v) is 20.9. The van der Waals surface area contributed by atoms with Crippen LogP contribution in [-0.4, -0.2) is 31.0 Å². The molecular formula is C23H14Cl4F3N5O. The number of amidine groups is 1. The fourth-order valence-corrected chi connectivity index (χ4v) is 4.23. The molecule has 186 valence electrons. The predicted molar refractivity (Wildman–Crippen MR) is 138 cm³/mol. The van der Waals surface area contributed by atoms with Crippen LogP contribution in [0, 0.1) is 0 Å². The van der Waals surface area contributed by atoms with Crippen LogP contribution in [0.4, 0.5) is 18.9 Å². The molecule has 36 heavy (non-hydrogen) atoms. The summed E-state index contributed by atoms with van der Waals surface area (Å²) in [6.45, 7) is 0.150. The summed E-state index contributed by atoms with van der Waals surface area (Å²) in [6, 6.07) is 15.3. The molecule has 3 aromatic rings. The molecule has 0 bridgehead atoms. The number of alkyl halides is 3. The lowest BCUT2D eigenvalue weighted by atomic mass is 10.2. The van der Waals surface area contributed by atoms with Gasteiger partial charge in [0.1, 0.15) is 12.4 Å². The third-order valence-electron chi connectivity index (χ3n) is 4.69. The average Bonchev–Trinajstić information content (AvgIpc) is 2.79. The number of hydrogen-bond donors (Lipinski definition) is 1. The maximum atomic E-state index is 12.4. The summed E-state index contributed by atoms with van der Waals surface area (Å²) >= 11 is 24.7. The first kappa shape index (κ1) is 26.1. The van der Waals surface area contributed by atoms with Crippen LogP contribution in [0.1, 0.15) is 11.1 Å². The molecule has 0 saturated heterocycles. The molecule has 3 aromatic carbocycles. The maximum Gasteiger partial charge on any atom is 0.573 e. The van der Waals surface area contributed by atoms with Gasteiger partial charge in [-0.15, -0.1) is 13.2 Å². The van der Waals surface area contributed by atoms with Gasteiger partial charge < -0.3 is 4.74 Å². The number of benzene rings is 3. The minimum atomic E-state index is -4.77. The fraction of sp³-hybridized carbons (Fsp3) is 0.0870. The number of aliphatic imine (C=N–C) groups is 2. The average molecular weight is 575 g/mol. The van der Waals surface area contributed by atoms with Crippen molar-refractivity contribution in [3.8, 4) is 5.75 Å². The Bertz CT molecular complexity index is 1320. The highest BCUT2D eigenvalue weighted by Gasteiger charge is 2.31. The lowest BCUT2D eigenvalue weighted by Crippen LogP contribution is -2.42. The second-order valence-corrected chi connectivity index (χ2v) is 8.88. The highest BCUT2D eigenvalue weighted by atomic mass is 35.5. The van der Waals surface area contributed by atoms with Crippen molar-refractivity contribution in [1.29, 1.82) is 0 Å². The minimum Gasteiger partial charge on any atom is -0.406 e. The third-order valence-corrected chi connectivity index (χ3v) is 5.76. The van der Waals surface area contributed by atoms with E-state index in [0.717, 1.165) is 5.69 Å². The number of nitrogens with zero attached hydrogens (tertiary/aromatic N) is 4. The Morgan fingerprint density at radius 3 is 2.17 bits per heavy atom. The number of nitrogens with one attached hydrogen (secondary N) is 1. The first-order chi connectivity index (χ1) is 17.1. The molecule has 4 rings (SSSR count). The summed E-state index contributed by atoms with van der Waals surface area (Å²) in [6.07, 6.45) is -3.36. The summed E-state index contributed by atoms with van der Waals surface area (Å²) < 4.78 is 40.9. The molecule has 0 unspecified atom stereocenters. The third kappa shape index (κ3) is 6.61. The first-order valence-electron chi connectivity index (χ1n) is 10.0. The van der Waals surface area contributed by atoms with E-state index in [0.29, 0.717) is 21.2 Å². The van der Waals surface area contributed by atoms with Crippen molar-refractivity contribution in [3.05, 3.63) is 91.9 Å². The van der Waals surface area contributed by atoms with Crippen molar-refractivity contribution in [1.82, 2.24) is 5.43 Å². The SMILES string of the molecule is FC(F)(F)Oc1ccc(C=NNC2=NC(c3c(Cl)cc(Cl)cc3Cl)=NCN2c2ccc(Cl)cc2)cc1. The van der Waals surface area contributed by atoms with Gasteiger partial charge in [0.25, 0.3) is 0 Å². The second-order valence-electron chi connectivity index (χ2n) is 7.19. The lowest BCUT2D eigenvalue weighted by molar-refractivity contribution is -0.274. The van der Waals surface area contributed by atoms with Crippen molar-refractivity contribution in [2.24, 2.45) is 15.1 Å². The highest BCUT2D eigenvalue weighted by Crippen LogP contribution is 2.31. The Labute approximate surface area is 223 Å². The molecule has 0 atom stereocenters. The van der Waals surface area contributed by atoms with Crippen LogP contribution in [0.15, 0.2) is 75.7 Å². The Hall–Kier alpha value is -2.98. The van der Waals surface area contributed by atoms with Crippen molar-refractivity contribution in [2.75, 3.05) is 11.6 Å². The normalized spacial score (nSPS) is 14.0. The van der Waals surface area contributed by atoms with E-state index in [1.54, 1.807) is 29.2 Å². The smallest absolute Gasteiger partial charge is 0.406 e. The topological polar surface area (TPSA) is 61.6 Å². The van der Waals surface area contributed by atoms with Gasteiger partial charge in [0.05, 0.1) is 21.8 Å². The van der Waals surface area contributed by atoms with Crippen LogP contribution < -0.4 is 15.1 Å². The molecule has 13 heteroatoms. The van der Waals surface area contributed by atoms with E-state index >= 15 is 0 Å². The largest absolute Gasteiger partial charge is 0.573 e. The summed E-state index contributed by atoms with van der Waals surface area (Å²) in [5, 5.41) is 5.65. The van der Waals surface area contributed by atoms with Crippen molar-refractivity contribution >= 4 is 70.1 Å². The highest BCUT2D eigenvalue weighted by molar-refractivity contribution is 6.42. The van der Waals surface area contributed by atoms with Gasteiger partial charge in [0.2, 0.25) is 5.96 Å². The Morgan fingerprint density at radius 1 is 0.917 bits per heavy atom. The number of halogens is 7. The van der Waals surface area contributed by atoms with Gasteiger partial charge in [0, 0.05) is 15.7 Å². The van der Waals surface area contributed by atoms with E-state index in [9.17, 15) is 13.2 Å². The van der Waals surface area contributed by atoms with Crippen molar-refractivity contribution in [3.63, 3.8) is 0 Å². The van der Waals surface area contributed by atoms with Gasteiger partial charge in [-0.25, -0.2) is 10.4 Å². The van der Waals surface area contributed by atoms with Crippen LogP contribution in [-0.2, 0) is 0 Å². The van der Waals surface area contributed by atoms with Crippen LogP contribution >= 0.6 is 46.4 Å². The molecule has 0 amide bonds. The molecule has 0 aliphatic carbocycles. The van der Waals surface area contributed by atoms with Gasteiger partial charge in [-0.2, -0.15) is 10.1 Å². The molecule has 1 aliphatic heterocycles. The maximum absolute atomic E-state index is 12.4. The summed E-state index contributed by atoms with van der Waals surface area (Å²) in [5.41, 5.74) is 4.49. The number of rotatable bonds is 5. The number of anilines is 1. The summed E-state index contributed by atoms with van der Waals surface area (Å²) in [7, 11) is 0. The number of hydrazone groups is 1. The fourth-order valence-electron chi connectivity index (χ4n) is 3.12. The quantitative estimate of drug-likeness (QED) is 0.255. The van der Waals surface area contributed by atoms with E-state index in [1.807, 2.05) is 0 Å². The zero-order valence-electron chi connectivity index (χ0n) is 17.9. The van der Waals surface area contributed by atoms with E-state index in [2.05, 4.69) is 25.2 Å². The number of ether oxygens (including phenoxy) is 1. The molecule has 1 aliphatic rings. The molecule has 1 N–H and O–H groups in total. The number of guanidine groups is 1. The zero-order chi connectivity index (χ0) is 25.9. The molecule has 0 fully saturated rings. The van der Waals surface area contributed by atoms with Crippen LogP contribution in [0.5, 0.6) is 5.75 Å².